The predicted octanol–water partition coefficient (Wildman–Crippen LogP) is 6.62. The molecule has 1 saturated carbocycles. The average Bonchev–Trinajstić information content (AvgIpc) is 3.38. The number of carbonyl (C=O) groups is 3. The SMILES string of the molecule is CC1CCC(NC(=O)c2cc3nc(Cc4c(Cl)ccc(CNC(=O)C(C)(C)C)c4Cl)n(CC(=O)N(C)C)c3nc2N2CCC(C)CC2)CC1. The van der Waals surface area contributed by atoms with Gasteiger partial charge in [-0.3, -0.25) is 14.4 Å². The Kier molecular flexibility index (Phi) is 11.5. The van der Waals surface area contributed by atoms with Crippen LogP contribution in [0.5, 0.6) is 0 Å². The lowest BCUT2D eigenvalue weighted by atomic mass is 9.87. The van der Waals surface area contributed by atoms with Crippen molar-refractivity contribution in [2.75, 3.05) is 32.1 Å². The maximum absolute atomic E-state index is 14.0. The van der Waals surface area contributed by atoms with Crippen molar-refractivity contribution in [2.45, 2.75) is 98.7 Å². The van der Waals surface area contributed by atoms with Gasteiger partial charge < -0.3 is 25.0 Å². The quantitative estimate of drug-likeness (QED) is 0.258. The molecule has 0 atom stereocenters. The van der Waals surface area contributed by atoms with Crippen molar-refractivity contribution in [2.24, 2.45) is 17.3 Å². The van der Waals surface area contributed by atoms with Gasteiger partial charge >= 0.3 is 0 Å². The number of anilines is 1. The van der Waals surface area contributed by atoms with E-state index in [1.807, 2.05) is 31.4 Å². The first kappa shape index (κ1) is 36.9. The lowest BCUT2D eigenvalue weighted by Gasteiger charge is -2.33. The van der Waals surface area contributed by atoms with Crippen molar-refractivity contribution in [3.8, 4) is 0 Å². The van der Waals surface area contributed by atoms with Gasteiger partial charge in [-0.15, -0.1) is 0 Å². The van der Waals surface area contributed by atoms with E-state index in [4.69, 9.17) is 33.2 Å². The summed E-state index contributed by atoms with van der Waals surface area (Å²) in [6.45, 7) is 11.9. The van der Waals surface area contributed by atoms with Crippen LogP contribution in [0.4, 0.5) is 5.82 Å². The molecule has 0 unspecified atom stereocenters. The number of nitrogens with zero attached hydrogens (tertiary/aromatic N) is 5. The number of aromatic nitrogens is 3. The fraction of sp³-hybridized carbons (Fsp3) is 0.595. The zero-order chi connectivity index (χ0) is 35.6. The summed E-state index contributed by atoms with van der Waals surface area (Å²) in [5.41, 5.74) is 2.37. The Labute approximate surface area is 300 Å². The van der Waals surface area contributed by atoms with Crippen LogP contribution < -0.4 is 15.5 Å². The second-order valence-electron chi connectivity index (χ2n) is 15.3. The van der Waals surface area contributed by atoms with Crippen LogP contribution in [0, 0.1) is 17.3 Å². The number of likely N-dealkylation sites (N-methyl/N-ethyl adjacent to an activating group) is 1. The van der Waals surface area contributed by atoms with E-state index in [0.717, 1.165) is 57.2 Å². The summed E-state index contributed by atoms with van der Waals surface area (Å²) < 4.78 is 1.82. The van der Waals surface area contributed by atoms with E-state index in [-0.39, 0.29) is 43.3 Å². The summed E-state index contributed by atoms with van der Waals surface area (Å²) in [5, 5.41) is 7.14. The van der Waals surface area contributed by atoms with Gasteiger partial charge in [-0.25, -0.2) is 9.97 Å². The van der Waals surface area contributed by atoms with Crippen LogP contribution >= 0.6 is 23.2 Å². The molecule has 1 aliphatic heterocycles. The second-order valence-corrected chi connectivity index (χ2v) is 16.1. The summed E-state index contributed by atoms with van der Waals surface area (Å²) in [5.74, 6) is 2.09. The van der Waals surface area contributed by atoms with Gasteiger partial charge in [0, 0.05) is 56.6 Å². The highest BCUT2D eigenvalue weighted by atomic mass is 35.5. The monoisotopic (exact) mass is 711 g/mol. The third-order valence-corrected chi connectivity index (χ3v) is 10.8. The van der Waals surface area contributed by atoms with Gasteiger partial charge in [-0.05, 0) is 73.6 Å². The number of pyridine rings is 1. The minimum atomic E-state index is -0.547. The number of nitrogens with one attached hydrogen (secondary N) is 2. The van der Waals surface area contributed by atoms with E-state index in [0.29, 0.717) is 55.8 Å². The van der Waals surface area contributed by atoms with Crippen molar-refractivity contribution in [1.29, 1.82) is 0 Å². The zero-order valence-electron chi connectivity index (χ0n) is 30.0. The first-order valence-electron chi connectivity index (χ1n) is 17.5. The van der Waals surface area contributed by atoms with E-state index >= 15 is 0 Å². The van der Waals surface area contributed by atoms with Gasteiger partial charge in [-0.2, -0.15) is 0 Å². The lowest BCUT2D eigenvalue weighted by Crippen LogP contribution is -2.39. The van der Waals surface area contributed by atoms with Gasteiger partial charge in [0.15, 0.2) is 5.65 Å². The molecule has 2 N–H and O–H groups in total. The molecule has 0 bridgehead atoms. The van der Waals surface area contributed by atoms with Gasteiger partial charge in [0.1, 0.15) is 23.7 Å². The summed E-state index contributed by atoms with van der Waals surface area (Å²) in [6, 6.07) is 5.53. The molecule has 3 aromatic rings. The van der Waals surface area contributed by atoms with E-state index in [1.165, 1.54) is 4.90 Å². The Hall–Kier alpha value is -3.37. The number of hydrogen-bond acceptors (Lipinski definition) is 6. The molecule has 0 radical (unpaired) electrons. The van der Waals surface area contributed by atoms with E-state index in [1.54, 1.807) is 26.2 Å². The van der Waals surface area contributed by atoms with Crippen molar-refractivity contribution >= 4 is 57.9 Å². The number of rotatable bonds is 9. The zero-order valence-corrected chi connectivity index (χ0v) is 31.5. The number of carbonyl (C=O) groups excluding carboxylic acids is 3. The fourth-order valence-electron chi connectivity index (χ4n) is 6.50. The molecule has 1 aliphatic carbocycles. The molecule has 2 aliphatic rings. The van der Waals surface area contributed by atoms with Crippen LogP contribution in [0.15, 0.2) is 18.2 Å². The molecule has 12 heteroatoms. The second kappa shape index (κ2) is 15.3. The van der Waals surface area contributed by atoms with Crippen LogP contribution in [0.1, 0.15) is 100 Å². The largest absolute Gasteiger partial charge is 0.356 e. The Morgan fingerprint density at radius 2 is 1.61 bits per heavy atom. The van der Waals surface area contributed by atoms with E-state index in [9.17, 15) is 14.4 Å². The average molecular weight is 713 g/mol. The third kappa shape index (κ3) is 8.69. The molecule has 5 rings (SSSR count). The molecule has 1 aromatic carbocycles. The number of benzene rings is 1. The molecule has 3 heterocycles. The highest BCUT2D eigenvalue weighted by Crippen LogP contribution is 2.33. The van der Waals surface area contributed by atoms with E-state index < -0.39 is 5.41 Å². The minimum absolute atomic E-state index is 0.00464. The third-order valence-electron chi connectivity index (χ3n) is 9.97. The molecule has 3 amide bonds. The maximum Gasteiger partial charge on any atom is 0.255 e. The van der Waals surface area contributed by atoms with Crippen molar-refractivity contribution < 1.29 is 14.4 Å². The molecular formula is C37H51Cl2N7O3. The molecular weight excluding hydrogens is 661 g/mol. The molecule has 0 spiro atoms. The molecule has 1 saturated heterocycles. The molecule has 266 valence electrons. The lowest BCUT2D eigenvalue weighted by molar-refractivity contribution is -0.129. The number of halogens is 2. The maximum atomic E-state index is 14.0. The topological polar surface area (TPSA) is 112 Å². The molecule has 10 nitrogen and oxygen atoms in total. The van der Waals surface area contributed by atoms with Gasteiger partial charge in [0.2, 0.25) is 11.8 Å². The summed E-state index contributed by atoms with van der Waals surface area (Å²) in [7, 11) is 3.43. The first-order chi connectivity index (χ1) is 23.1. The summed E-state index contributed by atoms with van der Waals surface area (Å²) >= 11 is 13.7. The Morgan fingerprint density at radius 3 is 2.24 bits per heavy atom. The van der Waals surface area contributed by atoms with Crippen molar-refractivity contribution in [3.63, 3.8) is 0 Å². The number of piperidine rings is 1. The highest BCUT2D eigenvalue weighted by Gasteiger charge is 2.29. The van der Waals surface area contributed by atoms with Crippen molar-refractivity contribution in [3.05, 3.63) is 50.8 Å². The van der Waals surface area contributed by atoms with Crippen LogP contribution in [0.25, 0.3) is 11.2 Å². The normalized spacial score (nSPS) is 18.8. The van der Waals surface area contributed by atoms with Gasteiger partial charge in [-0.1, -0.05) is 63.9 Å². The Morgan fingerprint density at radius 1 is 0.959 bits per heavy atom. The van der Waals surface area contributed by atoms with Crippen LogP contribution in [-0.2, 0) is 29.1 Å². The number of hydrogen-bond donors (Lipinski definition) is 2. The van der Waals surface area contributed by atoms with E-state index in [2.05, 4.69) is 29.4 Å². The number of fused-ring (bicyclic) bond motifs is 1. The number of imidazole rings is 1. The number of amides is 3. The molecule has 2 fully saturated rings. The first-order valence-corrected chi connectivity index (χ1v) is 18.3. The minimum Gasteiger partial charge on any atom is -0.356 e. The Balaban J connectivity index is 1.57. The summed E-state index contributed by atoms with van der Waals surface area (Å²) in [6.07, 6.45) is 6.36. The highest BCUT2D eigenvalue weighted by molar-refractivity contribution is 6.36. The smallest absolute Gasteiger partial charge is 0.255 e. The predicted molar refractivity (Wildman–Crippen MR) is 196 cm³/mol. The Bertz CT molecular complexity index is 1700. The standard InChI is InChI=1S/C37H51Cl2N7O3/c1-22-8-11-25(12-9-22)41-35(48)27-18-29-34(43-33(27)45-16-14-23(2)15-17-45)46(21-31(47)44(6)7)30(42-29)19-26-28(38)13-10-24(32(26)39)20-40-36(49)37(3,4)5/h10,13,18,22-23,25H,8-9,11-12,14-17,19-21H2,1-7H3,(H,40,49)(H,41,48). The van der Waals surface area contributed by atoms with Gasteiger partial charge in [0.25, 0.3) is 5.91 Å². The molecule has 2 aromatic heterocycles. The van der Waals surface area contributed by atoms with Crippen LogP contribution in [0.2, 0.25) is 10.0 Å². The molecule has 49 heavy (non-hydrogen) atoms. The van der Waals surface area contributed by atoms with Crippen LogP contribution in [-0.4, -0.2) is 70.4 Å². The summed E-state index contributed by atoms with van der Waals surface area (Å²) in [4.78, 5) is 53.6. The fourth-order valence-corrected chi connectivity index (χ4v) is 7.07. The van der Waals surface area contributed by atoms with Gasteiger partial charge in [0.05, 0.1) is 10.6 Å². The van der Waals surface area contributed by atoms with Crippen molar-refractivity contribution in [1.82, 2.24) is 30.1 Å². The van der Waals surface area contributed by atoms with Crippen LogP contribution in [0.3, 0.4) is 0 Å².